The summed E-state index contributed by atoms with van der Waals surface area (Å²) in [6.07, 6.45) is 5.41. The maximum atomic E-state index is 8.91. The molecule has 1 aliphatic carbocycles. The lowest BCUT2D eigenvalue weighted by Crippen LogP contribution is -2.11. The number of aliphatic hydroxyl groups is 1. The number of hydrogen-bond donors (Lipinski definition) is 2. The Labute approximate surface area is 54.8 Å². The Morgan fingerprint density at radius 3 is 2.50 bits per heavy atom. The largest absolute Gasteiger partial charge is 0.389 e. The molecule has 1 N–H and O–H groups in total. The molecular weight excluding hydrogens is 120 g/mol. The third-order valence-electron chi connectivity index (χ3n) is 1.31. The molecular formula is C6H10OS. The lowest BCUT2D eigenvalue weighted by molar-refractivity contribution is 0.205. The zero-order chi connectivity index (χ0) is 5.98. The molecule has 0 aromatic carbocycles. The highest BCUT2D eigenvalue weighted by molar-refractivity contribution is 7.81. The average molecular weight is 130 g/mol. The summed E-state index contributed by atoms with van der Waals surface area (Å²) < 4.78 is 0. The van der Waals surface area contributed by atoms with Gasteiger partial charge >= 0.3 is 0 Å². The Bertz CT molecular complexity index is 88.7. The highest BCUT2D eigenvalue weighted by Gasteiger charge is 2.08. The van der Waals surface area contributed by atoms with Gasteiger partial charge in [0.05, 0.1) is 6.10 Å². The molecule has 2 atom stereocenters. The van der Waals surface area contributed by atoms with Crippen molar-refractivity contribution in [2.45, 2.75) is 24.2 Å². The second kappa shape index (κ2) is 2.55. The van der Waals surface area contributed by atoms with Crippen molar-refractivity contribution in [2.75, 3.05) is 0 Å². The Morgan fingerprint density at radius 2 is 2.12 bits per heavy atom. The van der Waals surface area contributed by atoms with Crippen molar-refractivity contribution in [3.05, 3.63) is 12.2 Å². The molecule has 0 fully saturated rings. The molecule has 0 radical (unpaired) electrons. The van der Waals surface area contributed by atoms with Gasteiger partial charge in [0.25, 0.3) is 0 Å². The molecule has 1 nitrogen and oxygen atoms in total. The predicted molar refractivity (Wildman–Crippen MR) is 37.2 cm³/mol. The molecule has 0 heterocycles. The SMILES string of the molecule is O[C@@H]1C=CC(S)CC1. The molecule has 0 aliphatic heterocycles. The van der Waals surface area contributed by atoms with Crippen LogP contribution in [0.1, 0.15) is 12.8 Å². The van der Waals surface area contributed by atoms with Crippen LogP contribution in [0.5, 0.6) is 0 Å². The topological polar surface area (TPSA) is 20.2 Å². The molecule has 0 saturated heterocycles. The van der Waals surface area contributed by atoms with Gasteiger partial charge in [-0.25, -0.2) is 0 Å². The number of hydrogen-bond acceptors (Lipinski definition) is 2. The van der Waals surface area contributed by atoms with Gasteiger partial charge in [-0.3, -0.25) is 0 Å². The molecule has 0 spiro atoms. The first kappa shape index (κ1) is 6.17. The van der Waals surface area contributed by atoms with Crippen molar-refractivity contribution in [1.82, 2.24) is 0 Å². The second-order valence-corrected chi connectivity index (χ2v) is 2.76. The van der Waals surface area contributed by atoms with E-state index in [4.69, 9.17) is 5.11 Å². The standard InChI is InChI=1S/C6H10OS/c7-5-1-3-6(8)4-2-5/h1,3,5-8H,2,4H2/t5-,6?/m1/s1. The van der Waals surface area contributed by atoms with Crippen molar-refractivity contribution < 1.29 is 5.11 Å². The van der Waals surface area contributed by atoms with Gasteiger partial charge < -0.3 is 5.11 Å². The van der Waals surface area contributed by atoms with Gasteiger partial charge in [0.2, 0.25) is 0 Å². The smallest absolute Gasteiger partial charge is 0.0721 e. The van der Waals surface area contributed by atoms with E-state index in [0.717, 1.165) is 12.8 Å². The highest BCUT2D eigenvalue weighted by atomic mass is 32.1. The Hall–Kier alpha value is 0.0500. The van der Waals surface area contributed by atoms with Crippen LogP contribution in [-0.4, -0.2) is 16.5 Å². The van der Waals surface area contributed by atoms with Crippen LogP contribution in [0.25, 0.3) is 0 Å². The zero-order valence-corrected chi connectivity index (χ0v) is 5.51. The summed E-state index contributed by atoms with van der Waals surface area (Å²) in [5, 5.41) is 9.28. The molecule has 0 aromatic rings. The quantitative estimate of drug-likeness (QED) is 0.370. The summed E-state index contributed by atoms with van der Waals surface area (Å²) >= 11 is 4.20. The van der Waals surface area contributed by atoms with Crippen LogP contribution < -0.4 is 0 Å². The molecule has 1 aliphatic rings. The molecule has 1 unspecified atom stereocenters. The van der Waals surface area contributed by atoms with Crippen LogP contribution >= 0.6 is 12.6 Å². The minimum atomic E-state index is -0.210. The summed E-state index contributed by atoms with van der Waals surface area (Å²) in [4.78, 5) is 0. The minimum absolute atomic E-state index is 0.210. The summed E-state index contributed by atoms with van der Waals surface area (Å²) in [7, 11) is 0. The minimum Gasteiger partial charge on any atom is -0.389 e. The van der Waals surface area contributed by atoms with Crippen LogP contribution in [0.4, 0.5) is 0 Å². The molecule has 0 bridgehead atoms. The average Bonchev–Trinajstić information content (AvgIpc) is 1.77. The molecule has 8 heavy (non-hydrogen) atoms. The van der Waals surface area contributed by atoms with E-state index >= 15 is 0 Å². The fourth-order valence-electron chi connectivity index (χ4n) is 0.790. The molecule has 0 saturated carbocycles. The molecule has 1 rings (SSSR count). The van der Waals surface area contributed by atoms with Gasteiger partial charge in [-0.1, -0.05) is 12.2 Å². The summed E-state index contributed by atoms with van der Waals surface area (Å²) in [6, 6.07) is 0. The van der Waals surface area contributed by atoms with Crippen LogP contribution in [0, 0.1) is 0 Å². The molecule has 46 valence electrons. The predicted octanol–water partition coefficient (Wildman–Crippen LogP) is 0.996. The number of rotatable bonds is 0. The van der Waals surface area contributed by atoms with E-state index in [9.17, 15) is 0 Å². The lowest BCUT2D eigenvalue weighted by atomic mass is 10.1. The number of thiol groups is 1. The van der Waals surface area contributed by atoms with Gasteiger partial charge in [-0.2, -0.15) is 12.6 Å². The molecule has 0 aromatic heterocycles. The summed E-state index contributed by atoms with van der Waals surface area (Å²) in [5.74, 6) is 0. The van der Waals surface area contributed by atoms with Gasteiger partial charge in [0, 0.05) is 5.25 Å². The monoisotopic (exact) mass is 130 g/mol. The fourth-order valence-corrected chi connectivity index (χ4v) is 1.04. The van der Waals surface area contributed by atoms with Gasteiger partial charge in [-0.15, -0.1) is 0 Å². The Kier molecular flexibility index (Phi) is 1.97. The highest BCUT2D eigenvalue weighted by Crippen LogP contribution is 2.14. The third kappa shape index (κ3) is 1.53. The van der Waals surface area contributed by atoms with Crippen molar-refractivity contribution in [3.8, 4) is 0 Å². The Balaban J connectivity index is 2.42. The van der Waals surface area contributed by atoms with Gasteiger partial charge in [0.1, 0.15) is 0 Å². The molecule has 0 amide bonds. The van der Waals surface area contributed by atoms with Crippen molar-refractivity contribution in [3.63, 3.8) is 0 Å². The van der Waals surface area contributed by atoms with Crippen LogP contribution in [0.3, 0.4) is 0 Å². The van der Waals surface area contributed by atoms with Crippen LogP contribution in [-0.2, 0) is 0 Å². The number of aliphatic hydroxyl groups excluding tert-OH is 1. The van der Waals surface area contributed by atoms with Crippen molar-refractivity contribution >= 4 is 12.6 Å². The van der Waals surface area contributed by atoms with Gasteiger partial charge in [0.15, 0.2) is 0 Å². The summed E-state index contributed by atoms with van der Waals surface area (Å²) in [6.45, 7) is 0. The van der Waals surface area contributed by atoms with E-state index in [1.54, 1.807) is 6.08 Å². The Morgan fingerprint density at radius 1 is 1.38 bits per heavy atom. The van der Waals surface area contributed by atoms with E-state index in [1.807, 2.05) is 6.08 Å². The van der Waals surface area contributed by atoms with E-state index in [2.05, 4.69) is 12.6 Å². The molecule has 2 heteroatoms. The van der Waals surface area contributed by atoms with E-state index < -0.39 is 0 Å². The second-order valence-electron chi connectivity index (χ2n) is 2.10. The first-order valence-electron chi connectivity index (χ1n) is 2.83. The van der Waals surface area contributed by atoms with E-state index in [0.29, 0.717) is 5.25 Å². The van der Waals surface area contributed by atoms with Crippen molar-refractivity contribution in [2.24, 2.45) is 0 Å². The summed E-state index contributed by atoms with van der Waals surface area (Å²) in [5.41, 5.74) is 0. The fraction of sp³-hybridized carbons (Fsp3) is 0.667. The maximum absolute atomic E-state index is 8.91. The van der Waals surface area contributed by atoms with Gasteiger partial charge in [-0.05, 0) is 12.8 Å². The first-order chi connectivity index (χ1) is 3.79. The maximum Gasteiger partial charge on any atom is 0.0721 e. The zero-order valence-electron chi connectivity index (χ0n) is 4.62. The van der Waals surface area contributed by atoms with Crippen LogP contribution in [0.2, 0.25) is 0 Å². The first-order valence-corrected chi connectivity index (χ1v) is 3.35. The van der Waals surface area contributed by atoms with E-state index in [1.165, 1.54) is 0 Å². The normalized spacial score (nSPS) is 37.8. The lowest BCUT2D eigenvalue weighted by Gasteiger charge is -2.13. The van der Waals surface area contributed by atoms with Crippen molar-refractivity contribution in [1.29, 1.82) is 0 Å². The van der Waals surface area contributed by atoms with Crippen LogP contribution in [0.15, 0.2) is 12.2 Å². The van der Waals surface area contributed by atoms with E-state index in [-0.39, 0.29) is 6.10 Å². The third-order valence-corrected chi connectivity index (χ3v) is 1.74.